The normalized spacial score (nSPS) is 10.5. The first-order chi connectivity index (χ1) is 13.0. The Morgan fingerprint density at radius 1 is 1.26 bits per heavy atom. The van der Waals surface area contributed by atoms with Gasteiger partial charge in [0.2, 0.25) is 0 Å². The first kappa shape index (κ1) is 19.3. The minimum Gasteiger partial charge on any atom is -0.482 e. The van der Waals surface area contributed by atoms with Crippen molar-refractivity contribution >= 4 is 51.8 Å². The Bertz CT molecular complexity index is 983. The predicted molar refractivity (Wildman–Crippen MR) is 107 cm³/mol. The third kappa shape index (κ3) is 4.85. The lowest BCUT2D eigenvalue weighted by Crippen LogP contribution is -2.14. The van der Waals surface area contributed by atoms with Crippen molar-refractivity contribution in [3.05, 3.63) is 51.3 Å². The van der Waals surface area contributed by atoms with Gasteiger partial charge in [0.15, 0.2) is 6.61 Å². The number of thiophene rings is 1. The number of aryl methyl sites for hydroxylation is 1. The Morgan fingerprint density at radius 2 is 2.07 bits per heavy atom. The van der Waals surface area contributed by atoms with Crippen LogP contribution in [0.3, 0.4) is 0 Å². The van der Waals surface area contributed by atoms with Crippen LogP contribution in [0.15, 0.2) is 35.7 Å². The van der Waals surface area contributed by atoms with Crippen molar-refractivity contribution < 1.29 is 19.1 Å². The molecule has 0 spiro atoms. The molecule has 1 N–H and O–H groups in total. The molecule has 3 aromatic rings. The fourth-order valence-electron chi connectivity index (χ4n) is 2.17. The maximum atomic E-state index is 12.5. The summed E-state index contributed by atoms with van der Waals surface area (Å²) in [6, 6.07) is 8.80. The molecule has 0 fully saturated rings. The van der Waals surface area contributed by atoms with Gasteiger partial charge in [-0.1, -0.05) is 11.6 Å². The van der Waals surface area contributed by atoms with E-state index >= 15 is 0 Å². The Morgan fingerprint density at radius 3 is 2.74 bits per heavy atom. The van der Waals surface area contributed by atoms with E-state index in [1.54, 1.807) is 29.6 Å². The number of methoxy groups -OCH3 is 1. The van der Waals surface area contributed by atoms with Gasteiger partial charge in [0.1, 0.15) is 16.5 Å². The number of amides is 1. The Hall–Kier alpha value is -2.42. The van der Waals surface area contributed by atoms with Crippen molar-refractivity contribution in [1.82, 2.24) is 4.98 Å². The number of benzene rings is 1. The van der Waals surface area contributed by atoms with Crippen LogP contribution in [-0.2, 0) is 9.53 Å². The highest BCUT2D eigenvalue weighted by molar-refractivity contribution is 7.23. The summed E-state index contributed by atoms with van der Waals surface area (Å²) in [4.78, 5) is 28.9. The third-order valence-electron chi connectivity index (χ3n) is 3.55. The van der Waals surface area contributed by atoms with Crippen LogP contribution in [-0.4, -0.2) is 30.6 Å². The molecule has 0 saturated heterocycles. The number of halogens is 1. The van der Waals surface area contributed by atoms with Crippen LogP contribution in [0.25, 0.3) is 9.88 Å². The number of hydrogen-bond acceptors (Lipinski definition) is 7. The van der Waals surface area contributed by atoms with Gasteiger partial charge in [-0.25, -0.2) is 9.78 Å². The number of rotatable bonds is 6. The quantitative estimate of drug-likeness (QED) is 0.585. The number of nitrogens with one attached hydrogen (secondary N) is 1. The number of carbonyl (C=O) groups excluding carboxylic acids is 2. The monoisotopic (exact) mass is 422 g/mol. The van der Waals surface area contributed by atoms with Crippen molar-refractivity contribution in [2.24, 2.45) is 0 Å². The smallest absolute Gasteiger partial charge is 0.343 e. The molecule has 6 nitrogen and oxygen atoms in total. The second-order valence-electron chi connectivity index (χ2n) is 5.44. The molecule has 0 aliphatic heterocycles. The fourth-order valence-corrected chi connectivity index (χ4v) is 4.09. The van der Waals surface area contributed by atoms with Crippen LogP contribution >= 0.6 is 34.3 Å². The first-order valence-electron chi connectivity index (χ1n) is 7.79. The maximum absolute atomic E-state index is 12.5. The van der Waals surface area contributed by atoms with Crippen LogP contribution in [0.1, 0.15) is 16.1 Å². The average molecular weight is 423 g/mol. The van der Waals surface area contributed by atoms with Crippen molar-refractivity contribution in [2.45, 2.75) is 6.92 Å². The summed E-state index contributed by atoms with van der Waals surface area (Å²) in [7, 11) is 1.30. The second kappa shape index (κ2) is 8.51. The molecule has 2 heterocycles. The van der Waals surface area contributed by atoms with E-state index in [-0.39, 0.29) is 12.5 Å². The fraction of sp³-hybridized carbons (Fsp3) is 0.167. The van der Waals surface area contributed by atoms with E-state index in [0.29, 0.717) is 21.5 Å². The van der Waals surface area contributed by atoms with E-state index in [2.05, 4.69) is 15.0 Å². The largest absolute Gasteiger partial charge is 0.482 e. The zero-order chi connectivity index (χ0) is 19.4. The lowest BCUT2D eigenvalue weighted by molar-refractivity contribution is -0.142. The van der Waals surface area contributed by atoms with Gasteiger partial charge < -0.3 is 14.8 Å². The summed E-state index contributed by atoms with van der Waals surface area (Å²) >= 11 is 8.75. The number of nitrogens with zero attached hydrogens (tertiary/aromatic N) is 1. The molecule has 3 rings (SSSR count). The Labute approximate surface area is 168 Å². The van der Waals surface area contributed by atoms with Gasteiger partial charge in [-0.3, -0.25) is 4.79 Å². The summed E-state index contributed by atoms with van der Waals surface area (Å²) in [5, 5.41) is 5.30. The Kier molecular flexibility index (Phi) is 6.10. The average Bonchev–Trinajstić information content (AvgIpc) is 3.30. The molecule has 27 heavy (non-hydrogen) atoms. The maximum Gasteiger partial charge on any atom is 0.343 e. The minimum atomic E-state index is -0.462. The molecule has 0 aliphatic rings. The van der Waals surface area contributed by atoms with Gasteiger partial charge in [-0.2, -0.15) is 0 Å². The zero-order valence-corrected chi connectivity index (χ0v) is 16.8. The number of thiazole rings is 1. The van der Waals surface area contributed by atoms with E-state index in [1.807, 2.05) is 13.0 Å². The van der Waals surface area contributed by atoms with Crippen LogP contribution < -0.4 is 10.1 Å². The second-order valence-corrected chi connectivity index (χ2v) is 8.01. The lowest BCUT2D eigenvalue weighted by atomic mass is 10.2. The highest BCUT2D eigenvalue weighted by atomic mass is 35.5. The van der Waals surface area contributed by atoms with Crippen molar-refractivity contribution in [1.29, 1.82) is 0 Å². The van der Waals surface area contributed by atoms with Crippen LogP contribution in [0.5, 0.6) is 5.75 Å². The molecule has 1 amide bonds. The van der Waals surface area contributed by atoms with Crippen molar-refractivity contribution in [3.8, 4) is 15.6 Å². The summed E-state index contributed by atoms with van der Waals surface area (Å²) in [6.07, 6.45) is 0. The van der Waals surface area contributed by atoms with Gasteiger partial charge >= 0.3 is 5.97 Å². The standard InChI is InChI=1S/C18H15ClN2O4S2/c1-10-7-11(25-8-16(22)24-2)3-4-12(10)20-17(23)13-9-26-18(21-13)14-5-6-15(19)27-14/h3-7,9H,8H2,1-2H3,(H,20,23). The summed E-state index contributed by atoms with van der Waals surface area (Å²) < 4.78 is 10.5. The molecule has 2 aromatic heterocycles. The molecule has 0 unspecified atom stereocenters. The highest BCUT2D eigenvalue weighted by Crippen LogP contribution is 2.33. The number of hydrogen-bond donors (Lipinski definition) is 1. The third-order valence-corrected chi connectivity index (χ3v) is 5.79. The zero-order valence-electron chi connectivity index (χ0n) is 14.4. The predicted octanol–water partition coefficient (Wildman–Crippen LogP) is 4.64. The lowest BCUT2D eigenvalue weighted by Gasteiger charge is -2.10. The SMILES string of the molecule is COC(=O)COc1ccc(NC(=O)c2csc(-c3ccc(Cl)s3)n2)c(C)c1. The first-order valence-corrected chi connectivity index (χ1v) is 9.86. The number of anilines is 1. The van der Waals surface area contributed by atoms with Crippen LogP contribution in [0.4, 0.5) is 5.69 Å². The van der Waals surface area contributed by atoms with Gasteiger partial charge in [-0.15, -0.1) is 22.7 Å². The van der Waals surface area contributed by atoms with Crippen LogP contribution in [0, 0.1) is 6.92 Å². The van der Waals surface area contributed by atoms with Gasteiger partial charge in [-0.05, 0) is 42.8 Å². The molecule has 0 saturated carbocycles. The molecule has 140 valence electrons. The van der Waals surface area contributed by atoms with Crippen molar-refractivity contribution in [3.63, 3.8) is 0 Å². The molecule has 0 bridgehead atoms. The molecular weight excluding hydrogens is 408 g/mol. The molecule has 0 atom stereocenters. The van der Waals surface area contributed by atoms with E-state index in [9.17, 15) is 9.59 Å². The number of aromatic nitrogens is 1. The van der Waals surface area contributed by atoms with Gasteiger partial charge in [0, 0.05) is 11.1 Å². The van der Waals surface area contributed by atoms with Crippen molar-refractivity contribution in [2.75, 3.05) is 19.0 Å². The van der Waals surface area contributed by atoms with E-state index in [0.717, 1.165) is 15.4 Å². The molecular formula is C18H15ClN2O4S2. The summed E-state index contributed by atoms with van der Waals surface area (Å²) in [5.41, 5.74) is 1.77. The number of carbonyl (C=O) groups is 2. The minimum absolute atomic E-state index is 0.171. The topological polar surface area (TPSA) is 77.5 Å². The summed E-state index contributed by atoms with van der Waals surface area (Å²) in [6.45, 7) is 1.66. The van der Waals surface area contributed by atoms with Gasteiger partial charge in [0.25, 0.3) is 5.91 Å². The highest BCUT2D eigenvalue weighted by Gasteiger charge is 2.14. The molecule has 0 radical (unpaired) electrons. The Balaban J connectivity index is 1.67. The van der Waals surface area contributed by atoms with Crippen LogP contribution in [0.2, 0.25) is 4.34 Å². The molecule has 0 aliphatic carbocycles. The number of esters is 1. The number of ether oxygens (including phenoxy) is 2. The van der Waals surface area contributed by atoms with E-state index in [1.165, 1.54) is 29.8 Å². The molecule has 1 aromatic carbocycles. The van der Waals surface area contributed by atoms with E-state index < -0.39 is 5.97 Å². The summed E-state index contributed by atoms with van der Waals surface area (Å²) in [5.74, 6) is -0.246. The molecule has 9 heteroatoms. The van der Waals surface area contributed by atoms with Gasteiger partial charge in [0.05, 0.1) is 16.3 Å². The van der Waals surface area contributed by atoms with E-state index in [4.69, 9.17) is 16.3 Å².